The van der Waals surface area contributed by atoms with Gasteiger partial charge in [-0.2, -0.15) is 0 Å². The average molecular weight is 489 g/mol. The molecular formula is C29H26O5S. The molecule has 0 spiro atoms. The Kier molecular flexibility index (Phi) is 7.20. The lowest BCUT2D eigenvalue weighted by molar-refractivity contribution is 0.0989. The summed E-state index contributed by atoms with van der Waals surface area (Å²) in [6.45, 7) is 2.36. The second-order valence-corrected chi connectivity index (χ2v) is 9.15. The summed E-state index contributed by atoms with van der Waals surface area (Å²) in [6, 6.07) is 26.1. The summed E-state index contributed by atoms with van der Waals surface area (Å²) in [4.78, 5) is 14.2. The van der Waals surface area contributed by atoms with E-state index in [2.05, 4.69) is 5.11 Å². The van der Waals surface area contributed by atoms with Crippen LogP contribution in [-0.2, 0) is 13.0 Å². The van der Waals surface area contributed by atoms with E-state index in [9.17, 15) is 15.0 Å². The second kappa shape index (κ2) is 11.0. The van der Waals surface area contributed by atoms with Gasteiger partial charge in [-0.3, -0.25) is 4.79 Å². The number of phenolic OH excluding ortho intramolecular Hbond substituents is 3. The summed E-state index contributed by atoms with van der Waals surface area (Å²) < 4.78 is 13.0. The molecule has 0 bridgehead atoms. The van der Waals surface area contributed by atoms with Crippen molar-refractivity contribution in [2.75, 3.05) is 0 Å². The molecule has 0 saturated carbocycles. The monoisotopic (exact) mass is 488 g/mol. The molecule has 178 valence electrons. The fraction of sp³-hybridized carbons (Fsp3) is 0.138. The number of phenols is 3. The number of thioether (sulfide) groups is 1. The number of hydrogen-bond acceptors (Lipinski definition) is 6. The van der Waals surface area contributed by atoms with Gasteiger partial charge < -0.3 is 20.1 Å². The van der Waals surface area contributed by atoms with E-state index in [0.29, 0.717) is 40.5 Å². The van der Waals surface area contributed by atoms with Crippen LogP contribution >= 0.6 is 11.8 Å². The summed E-state index contributed by atoms with van der Waals surface area (Å²) in [5.41, 5.74) is 3.02. The van der Waals surface area contributed by atoms with Gasteiger partial charge in [0.2, 0.25) is 0 Å². The lowest BCUT2D eigenvalue weighted by atomic mass is 10.0. The first-order valence-corrected chi connectivity index (χ1v) is 12.1. The topological polar surface area (TPSA) is 87.0 Å². The molecule has 0 fully saturated rings. The minimum Gasteiger partial charge on any atom is -0.508 e. The third-order valence-electron chi connectivity index (χ3n) is 5.56. The first-order chi connectivity index (χ1) is 17.5. The highest BCUT2D eigenvalue weighted by Crippen LogP contribution is 2.45. The Morgan fingerprint density at radius 2 is 1.63 bits per heavy atom. The zero-order valence-electron chi connectivity index (χ0n) is 20.2. The van der Waals surface area contributed by atoms with Crippen molar-refractivity contribution in [1.29, 1.82) is 1.43 Å². The van der Waals surface area contributed by atoms with Crippen LogP contribution in [0.1, 0.15) is 39.2 Å². The van der Waals surface area contributed by atoms with Crippen LogP contribution in [0.2, 0.25) is 0 Å². The molecule has 1 unspecified atom stereocenters. The molecule has 3 N–H and O–H groups in total. The first kappa shape index (κ1) is 22.9. The van der Waals surface area contributed by atoms with Crippen LogP contribution in [0.5, 0.6) is 23.0 Å². The average Bonchev–Trinajstić information content (AvgIpc) is 2.92. The molecule has 0 aliphatic carbocycles. The van der Waals surface area contributed by atoms with Crippen molar-refractivity contribution in [3.63, 3.8) is 0 Å². The molecule has 0 aliphatic heterocycles. The van der Waals surface area contributed by atoms with E-state index in [-0.39, 0.29) is 17.3 Å². The number of aryl methyl sites for hydroxylation is 1. The summed E-state index contributed by atoms with van der Waals surface area (Å²) in [7, 11) is 0. The van der Waals surface area contributed by atoms with E-state index in [1.165, 1.54) is 23.9 Å². The fourth-order valence-corrected chi connectivity index (χ4v) is 4.98. The van der Waals surface area contributed by atoms with Gasteiger partial charge >= 0.3 is 0 Å². The van der Waals surface area contributed by atoms with Crippen molar-refractivity contribution in [2.24, 2.45) is 0 Å². The van der Waals surface area contributed by atoms with Gasteiger partial charge in [0.15, 0.2) is 5.78 Å². The largest absolute Gasteiger partial charge is 0.508 e. The molecule has 6 heteroatoms. The minimum atomic E-state index is -0.679. The molecule has 0 heterocycles. The van der Waals surface area contributed by atoms with Gasteiger partial charge in [-0.15, -0.1) is 11.8 Å². The number of hydrogen-bond donors (Lipinski definition) is 3. The van der Waals surface area contributed by atoms with Gasteiger partial charge in [0, 0.05) is 11.6 Å². The number of benzene rings is 4. The molecule has 4 aromatic rings. The van der Waals surface area contributed by atoms with Crippen LogP contribution in [0.25, 0.3) is 0 Å². The van der Waals surface area contributed by atoms with E-state index in [0.717, 1.165) is 11.1 Å². The number of rotatable bonds is 10. The molecular weight excluding hydrogens is 460 g/mol. The fourth-order valence-electron chi connectivity index (χ4n) is 3.68. The van der Waals surface area contributed by atoms with Gasteiger partial charge in [0.1, 0.15) is 29.6 Å². The molecule has 0 saturated heterocycles. The van der Waals surface area contributed by atoms with Gasteiger partial charge in [0.25, 0.3) is 1.43 Å². The van der Waals surface area contributed by atoms with E-state index in [1.807, 2.05) is 43.3 Å². The first-order valence-electron chi connectivity index (χ1n) is 11.6. The SMILES string of the molecule is [3H]Oc1ccc(C(Sc2c(O)cc(OCc3ccccc3)cc2CC)C(=O)c2ccc(O)cc2)cc1. The normalized spacial score (nSPS) is 12.0. The molecule has 0 amide bonds. The Bertz CT molecular complexity index is 1310. The van der Waals surface area contributed by atoms with Crippen molar-refractivity contribution >= 4 is 17.5 Å². The molecule has 0 radical (unpaired) electrons. The predicted octanol–water partition coefficient (Wildman–Crippen LogP) is 6.66. The van der Waals surface area contributed by atoms with Crippen LogP contribution in [0, 0.1) is 0 Å². The number of Topliss-reactive ketones (excluding diaryl/α,β-unsaturated/α-hetero) is 1. The van der Waals surface area contributed by atoms with E-state index < -0.39 is 5.25 Å². The Labute approximate surface area is 210 Å². The summed E-state index contributed by atoms with van der Waals surface area (Å²) in [6.07, 6.45) is 0.629. The molecule has 4 rings (SSSR count). The van der Waals surface area contributed by atoms with Crippen molar-refractivity contribution in [2.45, 2.75) is 30.1 Å². The lowest BCUT2D eigenvalue weighted by Gasteiger charge is -2.20. The molecule has 0 aromatic heterocycles. The van der Waals surface area contributed by atoms with Gasteiger partial charge in [0.05, 0.1) is 10.1 Å². The lowest BCUT2D eigenvalue weighted by Crippen LogP contribution is -2.10. The Balaban J connectivity index is 1.65. The highest BCUT2D eigenvalue weighted by Gasteiger charge is 2.26. The van der Waals surface area contributed by atoms with E-state index in [4.69, 9.17) is 6.17 Å². The van der Waals surface area contributed by atoms with Crippen LogP contribution in [0.15, 0.2) is 95.9 Å². The van der Waals surface area contributed by atoms with E-state index >= 15 is 0 Å². The molecule has 4 aromatic carbocycles. The number of carbonyl (C=O) groups is 1. The Hall–Kier alpha value is -3.90. The molecule has 35 heavy (non-hydrogen) atoms. The molecule has 1 atom stereocenters. The van der Waals surface area contributed by atoms with Gasteiger partial charge in [-0.25, -0.2) is 0 Å². The number of aromatic hydroxyl groups is 3. The number of ketones is 1. The Morgan fingerprint density at radius 3 is 2.29 bits per heavy atom. The molecule has 5 nitrogen and oxygen atoms in total. The van der Waals surface area contributed by atoms with Crippen LogP contribution < -0.4 is 4.74 Å². The maximum Gasteiger partial charge on any atom is 0.293 e. The van der Waals surface area contributed by atoms with Crippen molar-refractivity contribution in [3.8, 4) is 23.0 Å². The zero-order valence-corrected chi connectivity index (χ0v) is 20.0. The van der Waals surface area contributed by atoms with Gasteiger partial charge in [-0.1, -0.05) is 49.4 Å². The third kappa shape index (κ3) is 5.97. The van der Waals surface area contributed by atoms with Crippen LogP contribution in [0.4, 0.5) is 0 Å². The highest BCUT2D eigenvalue weighted by atomic mass is 32.2. The standard InChI is InChI=1S/C29H26O5S/c1-2-20-16-25(34-18-19-6-4-3-5-7-19)17-26(32)28(20)35-29(22-10-14-24(31)15-11-22)27(33)21-8-12-23(30)13-9-21/h3-17,29-32H,2,18H2,1H3/i/hT. The van der Waals surface area contributed by atoms with Crippen molar-refractivity contribution in [1.82, 2.24) is 0 Å². The third-order valence-corrected chi connectivity index (χ3v) is 6.99. The quantitative estimate of drug-likeness (QED) is 0.171. The van der Waals surface area contributed by atoms with Crippen molar-refractivity contribution < 1.29 is 24.9 Å². The summed E-state index contributed by atoms with van der Waals surface area (Å²) in [5.74, 6) is 0.847. The smallest absolute Gasteiger partial charge is 0.293 e. The second-order valence-electron chi connectivity index (χ2n) is 8.04. The minimum absolute atomic E-state index is 0.0389. The van der Waals surface area contributed by atoms with Crippen LogP contribution in [0.3, 0.4) is 0 Å². The maximum atomic E-state index is 13.6. The zero-order chi connectivity index (χ0) is 25.5. The van der Waals surface area contributed by atoms with Crippen molar-refractivity contribution in [3.05, 3.63) is 113 Å². The number of carbonyl (C=O) groups excluding carboxylic acids is 1. The van der Waals surface area contributed by atoms with Gasteiger partial charge in [-0.05, 0) is 65.6 Å². The van der Waals surface area contributed by atoms with E-state index in [1.54, 1.807) is 42.5 Å². The summed E-state index contributed by atoms with van der Waals surface area (Å²) >= 11 is 1.26. The number of ether oxygens (including phenoxy) is 1. The maximum absolute atomic E-state index is 13.6. The highest BCUT2D eigenvalue weighted by molar-refractivity contribution is 8.00. The Morgan fingerprint density at radius 1 is 0.943 bits per heavy atom. The molecule has 0 aliphatic rings. The predicted molar refractivity (Wildman–Crippen MR) is 137 cm³/mol. The summed E-state index contributed by atoms with van der Waals surface area (Å²) in [5, 5.41) is 24.5. The van der Waals surface area contributed by atoms with Crippen LogP contribution in [-0.4, -0.2) is 22.5 Å².